The van der Waals surface area contributed by atoms with E-state index in [1.165, 1.54) is 6.07 Å². The van der Waals surface area contributed by atoms with Crippen molar-refractivity contribution in [1.82, 2.24) is 0 Å². The Labute approximate surface area is 91.7 Å². The maximum absolute atomic E-state index is 11.3. The topological polar surface area (TPSA) is 76.5 Å². The Hall–Kier alpha value is -1.97. The summed E-state index contributed by atoms with van der Waals surface area (Å²) in [6, 6.07) is 4.81. The number of phenols is 1. The van der Waals surface area contributed by atoms with Crippen molar-refractivity contribution in [2.24, 2.45) is 5.73 Å². The van der Waals surface area contributed by atoms with Crippen LogP contribution in [0.5, 0.6) is 5.75 Å². The predicted molar refractivity (Wildman–Crippen MR) is 58.4 cm³/mol. The van der Waals surface area contributed by atoms with Gasteiger partial charge in [-0.1, -0.05) is 0 Å². The molecule has 1 saturated carbocycles. The molecule has 0 bridgehead atoms. The number of amides is 1. The first-order chi connectivity index (χ1) is 7.66. The zero-order valence-electron chi connectivity index (χ0n) is 8.56. The van der Waals surface area contributed by atoms with Crippen LogP contribution < -0.4 is 5.73 Å². The van der Waals surface area contributed by atoms with E-state index in [0.29, 0.717) is 11.5 Å². The molecule has 3 N–H and O–H groups in total. The van der Waals surface area contributed by atoms with E-state index in [0.717, 1.165) is 23.8 Å². The van der Waals surface area contributed by atoms with Gasteiger partial charge in [-0.2, -0.15) is 0 Å². The van der Waals surface area contributed by atoms with Crippen LogP contribution in [0.4, 0.5) is 0 Å². The van der Waals surface area contributed by atoms with Gasteiger partial charge in [0, 0.05) is 10.9 Å². The number of primary amides is 1. The summed E-state index contributed by atoms with van der Waals surface area (Å²) in [6.45, 7) is 0. The van der Waals surface area contributed by atoms with Gasteiger partial charge in [-0.15, -0.1) is 0 Å². The van der Waals surface area contributed by atoms with Crippen molar-refractivity contribution in [2.45, 2.75) is 18.8 Å². The fraction of sp³-hybridized carbons (Fsp3) is 0.250. The number of benzene rings is 1. The molecule has 16 heavy (non-hydrogen) atoms. The molecule has 1 aliphatic rings. The van der Waals surface area contributed by atoms with Crippen molar-refractivity contribution in [3.63, 3.8) is 0 Å². The molecule has 3 rings (SSSR count). The fourth-order valence-corrected chi connectivity index (χ4v) is 2.07. The minimum absolute atomic E-state index is 0.172. The number of carbonyl (C=O) groups is 1. The smallest absolute Gasteiger partial charge is 0.284 e. The number of fused-ring (bicyclic) bond motifs is 1. The van der Waals surface area contributed by atoms with Crippen LogP contribution in [0.25, 0.3) is 11.0 Å². The molecule has 1 fully saturated rings. The van der Waals surface area contributed by atoms with Gasteiger partial charge in [-0.3, -0.25) is 4.79 Å². The normalized spacial score (nSPS) is 15.5. The van der Waals surface area contributed by atoms with Crippen molar-refractivity contribution in [3.8, 4) is 5.75 Å². The average Bonchev–Trinajstić information content (AvgIpc) is 2.99. The summed E-state index contributed by atoms with van der Waals surface area (Å²) in [7, 11) is 0. The van der Waals surface area contributed by atoms with E-state index in [4.69, 9.17) is 10.2 Å². The van der Waals surface area contributed by atoms with E-state index in [2.05, 4.69) is 0 Å². The minimum atomic E-state index is -0.544. The molecule has 4 nitrogen and oxygen atoms in total. The van der Waals surface area contributed by atoms with Crippen molar-refractivity contribution in [1.29, 1.82) is 0 Å². The number of nitrogens with two attached hydrogens (primary N) is 1. The summed E-state index contributed by atoms with van der Waals surface area (Å²) < 4.78 is 5.43. The van der Waals surface area contributed by atoms with Crippen molar-refractivity contribution >= 4 is 16.9 Å². The lowest BCUT2D eigenvalue weighted by atomic mass is 10.1. The number of aromatic hydroxyl groups is 1. The van der Waals surface area contributed by atoms with Crippen LogP contribution in [-0.4, -0.2) is 11.0 Å². The molecule has 1 aromatic heterocycles. The van der Waals surface area contributed by atoms with Crippen LogP contribution in [0.3, 0.4) is 0 Å². The van der Waals surface area contributed by atoms with Gasteiger partial charge in [0.05, 0.1) is 0 Å². The van der Waals surface area contributed by atoms with E-state index in [9.17, 15) is 9.90 Å². The summed E-state index contributed by atoms with van der Waals surface area (Å²) in [6.07, 6.45) is 2.09. The molecule has 0 saturated heterocycles. The maximum Gasteiger partial charge on any atom is 0.284 e. The van der Waals surface area contributed by atoms with Crippen LogP contribution in [-0.2, 0) is 0 Å². The molecule has 1 amide bonds. The molecule has 0 unspecified atom stereocenters. The molecule has 0 aliphatic heterocycles. The summed E-state index contributed by atoms with van der Waals surface area (Å²) in [5.74, 6) is 0.220. The van der Waals surface area contributed by atoms with Crippen LogP contribution >= 0.6 is 0 Å². The third kappa shape index (κ3) is 1.26. The lowest BCUT2D eigenvalue weighted by Crippen LogP contribution is -2.11. The van der Waals surface area contributed by atoms with E-state index < -0.39 is 5.91 Å². The van der Waals surface area contributed by atoms with Crippen molar-refractivity contribution in [3.05, 3.63) is 29.5 Å². The van der Waals surface area contributed by atoms with Crippen molar-refractivity contribution in [2.75, 3.05) is 0 Å². The number of rotatable bonds is 2. The molecular weight excluding hydrogens is 206 g/mol. The Morgan fingerprint density at radius 2 is 2.19 bits per heavy atom. The third-order valence-electron chi connectivity index (χ3n) is 2.92. The molecule has 4 heteroatoms. The Morgan fingerprint density at radius 3 is 2.81 bits per heavy atom. The quantitative estimate of drug-likeness (QED) is 0.808. The van der Waals surface area contributed by atoms with Crippen LogP contribution in [0, 0.1) is 0 Å². The summed E-state index contributed by atoms with van der Waals surface area (Å²) in [5, 5.41) is 10.2. The van der Waals surface area contributed by atoms with Gasteiger partial charge in [0.1, 0.15) is 11.3 Å². The predicted octanol–water partition coefficient (Wildman–Crippen LogP) is 2.11. The highest BCUT2D eigenvalue weighted by molar-refractivity contribution is 5.99. The number of hydrogen-bond donors (Lipinski definition) is 2. The SMILES string of the molecule is NC(=O)c1oc2ccc(O)cc2c1C1CC1. The van der Waals surface area contributed by atoms with Gasteiger partial charge in [-0.05, 0) is 37.0 Å². The van der Waals surface area contributed by atoms with Gasteiger partial charge in [-0.25, -0.2) is 0 Å². The maximum atomic E-state index is 11.3. The summed E-state index contributed by atoms with van der Waals surface area (Å²) in [5.41, 5.74) is 6.75. The molecule has 0 radical (unpaired) electrons. The fourth-order valence-electron chi connectivity index (χ4n) is 2.07. The van der Waals surface area contributed by atoms with Gasteiger partial charge in [0.25, 0.3) is 5.91 Å². The standard InChI is InChI=1S/C12H11NO3/c13-12(15)11-10(6-1-2-6)8-5-7(14)3-4-9(8)16-11/h3-6,14H,1-2H2,(H2,13,15). The Balaban J connectivity index is 2.33. The lowest BCUT2D eigenvalue weighted by Gasteiger charge is -1.96. The average molecular weight is 217 g/mol. The monoisotopic (exact) mass is 217 g/mol. The number of phenolic OH excluding ortho intramolecular Hbond substituents is 1. The molecule has 1 heterocycles. The summed E-state index contributed by atoms with van der Waals surface area (Å²) in [4.78, 5) is 11.3. The van der Waals surface area contributed by atoms with Crippen LogP contribution in [0.15, 0.2) is 22.6 Å². The van der Waals surface area contributed by atoms with E-state index >= 15 is 0 Å². The molecule has 0 atom stereocenters. The highest BCUT2D eigenvalue weighted by atomic mass is 16.3. The molecule has 2 aromatic rings. The van der Waals surface area contributed by atoms with Gasteiger partial charge in [0.15, 0.2) is 5.76 Å². The molecule has 1 aliphatic carbocycles. The third-order valence-corrected chi connectivity index (χ3v) is 2.92. The highest BCUT2D eigenvalue weighted by Gasteiger charge is 2.32. The second-order valence-electron chi connectivity index (χ2n) is 4.16. The Bertz CT molecular complexity index is 581. The second kappa shape index (κ2) is 3.01. The van der Waals surface area contributed by atoms with Crippen LogP contribution in [0.2, 0.25) is 0 Å². The van der Waals surface area contributed by atoms with Crippen molar-refractivity contribution < 1.29 is 14.3 Å². The molecular formula is C12H11NO3. The first-order valence-corrected chi connectivity index (χ1v) is 5.22. The first-order valence-electron chi connectivity index (χ1n) is 5.22. The number of furan rings is 1. The zero-order chi connectivity index (χ0) is 11.3. The molecule has 0 spiro atoms. The van der Waals surface area contributed by atoms with Gasteiger partial charge < -0.3 is 15.3 Å². The number of hydrogen-bond acceptors (Lipinski definition) is 3. The highest BCUT2D eigenvalue weighted by Crippen LogP contribution is 2.46. The van der Waals surface area contributed by atoms with Gasteiger partial charge >= 0.3 is 0 Å². The van der Waals surface area contributed by atoms with E-state index in [1.54, 1.807) is 12.1 Å². The second-order valence-corrected chi connectivity index (χ2v) is 4.16. The van der Waals surface area contributed by atoms with E-state index in [1.807, 2.05) is 0 Å². The minimum Gasteiger partial charge on any atom is -0.508 e. The molecule has 1 aromatic carbocycles. The number of carbonyl (C=O) groups excluding carboxylic acids is 1. The first kappa shape index (κ1) is 9.27. The lowest BCUT2D eigenvalue weighted by molar-refractivity contribution is 0.0974. The Kier molecular flexibility index (Phi) is 1.74. The zero-order valence-corrected chi connectivity index (χ0v) is 8.56. The summed E-state index contributed by atoms with van der Waals surface area (Å²) >= 11 is 0. The van der Waals surface area contributed by atoms with Crippen LogP contribution in [0.1, 0.15) is 34.9 Å². The van der Waals surface area contributed by atoms with E-state index in [-0.39, 0.29) is 11.5 Å². The van der Waals surface area contributed by atoms with Gasteiger partial charge in [0.2, 0.25) is 0 Å². The Morgan fingerprint density at radius 1 is 1.44 bits per heavy atom. The molecule has 82 valence electrons. The largest absolute Gasteiger partial charge is 0.508 e.